The first-order chi connectivity index (χ1) is 10.7. The number of thiazole rings is 1. The fourth-order valence-corrected chi connectivity index (χ4v) is 2.66. The molecule has 0 bridgehead atoms. The van der Waals surface area contributed by atoms with Gasteiger partial charge in [-0.25, -0.2) is 4.98 Å². The zero-order valence-electron chi connectivity index (χ0n) is 12.6. The molecule has 1 atom stereocenters. The average Bonchev–Trinajstić information content (AvgIpc) is 3.02. The van der Waals surface area contributed by atoms with Gasteiger partial charge in [0.2, 0.25) is 0 Å². The van der Waals surface area contributed by atoms with Crippen molar-refractivity contribution in [3.63, 3.8) is 0 Å². The predicted octanol–water partition coefficient (Wildman–Crippen LogP) is 3.25. The minimum absolute atomic E-state index is 0.152. The van der Waals surface area contributed by atoms with E-state index in [4.69, 9.17) is 5.73 Å². The Morgan fingerprint density at radius 2 is 2.13 bits per heavy atom. The van der Waals surface area contributed by atoms with Crippen LogP contribution in [0.2, 0.25) is 0 Å². The molecule has 2 N–H and O–H groups in total. The molecular weight excluding hydrogens is 327 g/mol. The molecule has 2 aromatic rings. The van der Waals surface area contributed by atoms with E-state index in [-0.39, 0.29) is 17.6 Å². The average molecular weight is 343 g/mol. The quantitative estimate of drug-likeness (QED) is 0.927. The molecule has 0 radical (unpaired) electrons. The van der Waals surface area contributed by atoms with Gasteiger partial charge < -0.3 is 10.6 Å². The topological polar surface area (TPSA) is 59.2 Å². The summed E-state index contributed by atoms with van der Waals surface area (Å²) in [5.41, 5.74) is 5.31. The van der Waals surface area contributed by atoms with Crippen molar-refractivity contribution in [2.45, 2.75) is 19.1 Å². The lowest BCUT2D eigenvalue weighted by atomic mass is 10.1. The Hall–Kier alpha value is -1.93. The maximum absolute atomic E-state index is 12.8. The lowest BCUT2D eigenvalue weighted by molar-refractivity contribution is -0.137. The molecule has 1 heterocycles. The fraction of sp³-hybridized carbons (Fsp3) is 0.333. The predicted molar refractivity (Wildman–Crippen MR) is 83.2 cm³/mol. The normalized spacial score (nSPS) is 13.0. The first-order valence-electron chi connectivity index (χ1n) is 6.84. The van der Waals surface area contributed by atoms with E-state index in [1.165, 1.54) is 22.4 Å². The van der Waals surface area contributed by atoms with Crippen LogP contribution in [0.4, 0.5) is 13.2 Å². The van der Waals surface area contributed by atoms with Crippen LogP contribution in [0.25, 0.3) is 10.6 Å². The van der Waals surface area contributed by atoms with Gasteiger partial charge in [0.1, 0.15) is 10.7 Å². The van der Waals surface area contributed by atoms with Crippen LogP contribution in [-0.2, 0) is 6.18 Å². The minimum Gasteiger partial charge on any atom is -0.336 e. The monoisotopic (exact) mass is 343 g/mol. The second kappa shape index (κ2) is 6.67. The van der Waals surface area contributed by atoms with Crippen LogP contribution in [0, 0.1) is 0 Å². The number of nitrogens with zero attached hydrogens (tertiary/aromatic N) is 2. The first kappa shape index (κ1) is 17.4. The molecule has 1 amide bonds. The van der Waals surface area contributed by atoms with E-state index in [0.717, 1.165) is 23.5 Å². The highest BCUT2D eigenvalue weighted by molar-refractivity contribution is 7.13. The Kier molecular flexibility index (Phi) is 5.06. The van der Waals surface area contributed by atoms with Crippen molar-refractivity contribution in [1.82, 2.24) is 9.88 Å². The molecule has 1 unspecified atom stereocenters. The Morgan fingerprint density at radius 3 is 2.74 bits per heavy atom. The van der Waals surface area contributed by atoms with Gasteiger partial charge in [0, 0.05) is 30.6 Å². The number of alkyl halides is 3. The number of aromatic nitrogens is 1. The number of nitrogens with two attached hydrogens (primary N) is 1. The van der Waals surface area contributed by atoms with E-state index < -0.39 is 11.7 Å². The Labute approximate surface area is 135 Å². The van der Waals surface area contributed by atoms with E-state index in [0.29, 0.717) is 17.1 Å². The van der Waals surface area contributed by atoms with Gasteiger partial charge in [0.25, 0.3) is 5.91 Å². The van der Waals surface area contributed by atoms with Gasteiger partial charge in [-0.05, 0) is 19.1 Å². The number of carbonyl (C=O) groups excluding carboxylic acids is 1. The van der Waals surface area contributed by atoms with E-state index in [1.807, 2.05) is 0 Å². The SMILES string of the molecule is CC(CN)N(C)C(=O)c1csc(-c2cccc(C(F)(F)F)c2)n1. The molecule has 124 valence electrons. The van der Waals surface area contributed by atoms with Gasteiger partial charge in [-0.3, -0.25) is 4.79 Å². The minimum atomic E-state index is -4.41. The third-order valence-corrected chi connectivity index (χ3v) is 4.37. The van der Waals surface area contributed by atoms with Crippen molar-refractivity contribution in [1.29, 1.82) is 0 Å². The summed E-state index contributed by atoms with van der Waals surface area (Å²) in [6.45, 7) is 2.12. The van der Waals surface area contributed by atoms with Crippen molar-refractivity contribution < 1.29 is 18.0 Å². The van der Waals surface area contributed by atoms with Crippen LogP contribution in [0.5, 0.6) is 0 Å². The number of halogens is 3. The first-order valence-corrected chi connectivity index (χ1v) is 7.72. The smallest absolute Gasteiger partial charge is 0.336 e. The molecule has 0 aliphatic heterocycles. The highest BCUT2D eigenvalue weighted by Gasteiger charge is 2.30. The van der Waals surface area contributed by atoms with E-state index in [1.54, 1.807) is 14.0 Å². The molecule has 23 heavy (non-hydrogen) atoms. The van der Waals surface area contributed by atoms with Gasteiger partial charge in [-0.2, -0.15) is 13.2 Å². The van der Waals surface area contributed by atoms with Gasteiger partial charge in [0.05, 0.1) is 5.56 Å². The van der Waals surface area contributed by atoms with Gasteiger partial charge in [-0.1, -0.05) is 12.1 Å². The number of hydrogen-bond donors (Lipinski definition) is 1. The molecule has 4 nitrogen and oxygen atoms in total. The van der Waals surface area contributed by atoms with Crippen LogP contribution in [0.15, 0.2) is 29.6 Å². The number of amides is 1. The summed E-state index contributed by atoms with van der Waals surface area (Å²) in [5.74, 6) is -0.308. The zero-order valence-corrected chi connectivity index (χ0v) is 13.4. The standard InChI is InChI=1S/C15H16F3N3OS/c1-9(7-19)21(2)14(22)12-8-23-13(20-12)10-4-3-5-11(6-10)15(16,17)18/h3-6,8-9H,7,19H2,1-2H3. The number of carbonyl (C=O) groups is 1. The molecule has 1 aromatic carbocycles. The van der Waals surface area contributed by atoms with Crippen molar-refractivity contribution >= 4 is 17.2 Å². The molecule has 8 heteroatoms. The molecule has 0 aliphatic carbocycles. The Morgan fingerprint density at radius 1 is 1.43 bits per heavy atom. The molecule has 0 saturated heterocycles. The van der Waals surface area contributed by atoms with Crippen LogP contribution >= 0.6 is 11.3 Å². The second-order valence-corrected chi connectivity index (χ2v) is 5.98. The highest BCUT2D eigenvalue weighted by Crippen LogP contribution is 2.33. The van der Waals surface area contributed by atoms with Gasteiger partial charge in [0.15, 0.2) is 0 Å². The molecular formula is C15H16F3N3OS. The van der Waals surface area contributed by atoms with Crippen molar-refractivity contribution in [2.24, 2.45) is 5.73 Å². The van der Waals surface area contributed by atoms with Crippen molar-refractivity contribution in [3.05, 3.63) is 40.9 Å². The summed E-state index contributed by atoms with van der Waals surface area (Å²) < 4.78 is 38.3. The van der Waals surface area contributed by atoms with Crippen LogP contribution < -0.4 is 5.73 Å². The summed E-state index contributed by atoms with van der Waals surface area (Å²) in [6, 6.07) is 4.73. The number of likely N-dealkylation sites (N-methyl/N-ethyl adjacent to an activating group) is 1. The Balaban J connectivity index is 2.28. The van der Waals surface area contributed by atoms with Crippen LogP contribution in [0.1, 0.15) is 23.0 Å². The van der Waals surface area contributed by atoms with Crippen LogP contribution in [-0.4, -0.2) is 35.4 Å². The lowest BCUT2D eigenvalue weighted by Gasteiger charge is -2.22. The molecule has 0 aliphatic rings. The third-order valence-electron chi connectivity index (χ3n) is 3.48. The molecule has 0 spiro atoms. The third kappa shape index (κ3) is 3.89. The number of hydrogen-bond acceptors (Lipinski definition) is 4. The summed E-state index contributed by atoms with van der Waals surface area (Å²) in [4.78, 5) is 17.9. The van der Waals surface area contributed by atoms with Crippen LogP contribution in [0.3, 0.4) is 0 Å². The van der Waals surface area contributed by atoms with E-state index in [2.05, 4.69) is 4.98 Å². The summed E-state index contributed by atoms with van der Waals surface area (Å²) in [6.07, 6.45) is -4.41. The Bertz CT molecular complexity index is 699. The molecule has 1 aromatic heterocycles. The zero-order chi connectivity index (χ0) is 17.2. The van der Waals surface area contributed by atoms with E-state index >= 15 is 0 Å². The summed E-state index contributed by atoms with van der Waals surface area (Å²) >= 11 is 1.13. The number of rotatable bonds is 4. The van der Waals surface area contributed by atoms with Gasteiger partial charge in [-0.15, -0.1) is 11.3 Å². The van der Waals surface area contributed by atoms with E-state index in [9.17, 15) is 18.0 Å². The maximum atomic E-state index is 12.8. The highest BCUT2D eigenvalue weighted by atomic mass is 32.1. The van der Waals surface area contributed by atoms with Crippen molar-refractivity contribution in [2.75, 3.05) is 13.6 Å². The lowest BCUT2D eigenvalue weighted by Crippen LogP contribution is -2.39. The summed E-state index contributed by atoms with van der Waals surface area (Å²) in [5, 5.41) is 1.91. The summed E-state index contributed by atoms with van der Waals surface area (Å²) in [7, 11) is 1.61. The van der Waals surface area contributed by atoms with Gasteiger partial charge >= 0.3 is 6.18 Å². The maximum Gasteiger partial charge on any atom is 0.416 e. The molecule has 0 saturated carbocycles. The second-order valence-electron chi connectivity index (χ2n) is 5.12. The largest absolute Gasteiger partial charge is 0.416 e. The number of benzene rings is 1. The molecule has 2 rings (SSSR count). The molecule has 0 fully saturated rings. The fourth-order valence-electron chi connectivity index (χ4n) is 1.87. The van der Waals surface area contributed by atoms with Crippen molar-refractivity contribution in [3.8, 4) is 10.6 Å².